The highest BCUT2D eigenvalue weighted by Gasteiger charge is 2.41. The standard InChI is InChI=1S/C18H27N3O2.2C2HF3O2/c1-3-20-10-11-23-14-18(12-20)8-5-9-21(13-18)17(22)16-7-4-6-15(2)19-16;2*3-2(4,5)1(6)7/h4,6-7H,3,5,8-14H2,1-2H3;2*(H,6,7). The molecule has 2 N–H and O–H groups in total. The second-order valence-electron chi connectivity index (χ2n) is 8.52. The summed E-state index contributed by atoms with van der Waals surface area (Å²) in [5.41, 5.74) is 1.52. The summed E-state index contributed by atoms with van der Waals surface area (Å²) >= 11 is 0. The Hall–Kier alpha value is -2.94. The number of alkyl halides is 6. The molecule has 37 heavy (non-hydrogen) atoms. The third-order valence-electron chi connectivity index (χ3n) is 5.51. The monoisotopic (exact) mass is 545 g/mol. The number of carboxylic acid groups (broad SMARTS) is 2. The molecule has 2 fully saturated rings. The van der Waals surface area contributed by atoms with Crippen LogP contribution in [-0.2, 0) is 14.3 Å². The summed E-state index contributed by atoms with van der Waals surface area (Å²) in [5.74, 6) is -5.46. The zero-order valence-corrected chi connectivity index (χ0v) is 20.2. The van der Waals surface area contributed by atoms with E-state index in [0.717, 1.165) is 64.5 Å². The quantitative estimate of drug-likeness (QED) is 0.544. The smallest absolute Gasteiger partial charge is 0.475 e. The number of likely N-dealkylation sites (tertiary alicyclic amines) is 1. The average Bonchev–Trinajstić information content (AvgIpc) is 3.00. The SMILES string of the molecule is CCN1CCOCC2(CCCN(C(=O)c3cccc(C)n3)C2)C1.O=C(O)C(F)(F)F.O=C(O)C(F)(F)F. The van der Waals surface area contributed by atoms with Gasteiger partial charge in [0.2, 0.25) is 0 Å². The second kappa shape index (κ2) is 13.6. The number of hydrogen-bond donors (Lipinski definition) is 2. The number of rotatable bonds is 2. The molecule has 1 amide bonds. The Morgan fingerprint density at radius 1 is 1.03 bits per heavy atom. The molecule has 1 atom stereocenters. The molecule has 3 rings (SSSR count). The van der Waals surface area contributed by atoms with Crippen molar-refractivity contribution < 1.29 is 55.7 Å². The van der Waals surface area contributed by atoms with Crippen LogP contribution in [0.4, 0.5) is 26.3 Å². The van der Waals surface area contributed by atoms with Crippen LogP contribution in [0.2, 0.25) is 0 Å². The highest BCUT2D eigenvalue weighted by Crippen LogP contribution is 2.33. The highest BCUT2D eigenvalue weighted by molar-refractivity contribution is 5.92. The Morgan fingerprint density at radius 3 is 2.08 bits per heavy atom. The van der Waals surface area contributed by atoms with Crippen LogP contribution >= 0.6 is 0 Å². The highest BCUT2D eigenvalue weighted by atomic mass is 19.4. The van der Waals surface area contributed by atoms with Crippen molar-refractivity contribution in [2.24, 2.45) is 5.41 Å². The Labute approximate surface area is 209 Å². The van der Waals surface area contributed by atoms with Gasteiger partial charge in [0.1, 0.15) is 5.69 Å². The van der Waals surface area contributed by atoms with Crippen LogP contribution in [0.1, 0.15) is 35.9 Å². The number of likely N-dealkylation sites (N-methyl/N-ethyl adjacent to an activating group) is 1. The van der Waals surface area contributed by atoms with E-state index < -0.39 is 24.3 Å². The van der Waals surface area contributed by atoms with Crippen LogP contribution in [0.5, 0.6) is 0 Å². The normalized spacial score (nSPS) is 20.6. The van der Waals surface area contributed by atoms with Gasteiger partial charge in [0, 0.05) is 37.3 Å². The molecule has 1 aromatic rings. The van der Waals surface area contributed by atoms with E-state index in [2.05, 4.69) is 16.8 Å². The molecule has 15 heteroatoms. The van der Waals surface area contributed by atoms with Crippen molar-refractivity contribution in [2.75, 3.05) is 45.9 Å². The second-order valence-corrected chi connectivity index (χ2v) is 8.52. The largest absolute Gasteiger partial charge is 0.490 e. The zero-order valence-electron chi connectivity index (χ0n) is 20.2. The molecule has 0 bridgehead atoms. The van der Waals surface area contributed by atoms with Gasteiger partial charge < -0.3 is 24.7 Å². The molecule has 210 valence electrons. The van der Waals surface area contributed by atoms with E-state index in [-0.39, 0.29) is 11.3 Å². The zero-order chi connectivity index (χ0) is 28.4. The Balaban J connectivity index is 0.000000404. The van der Waals surface area contributed by atoms with Crippen LogP contribution in [-0.4, -0.2) is 101 Å². The number of carbonyl (C=O) groups excluding carboxylic acids is 1. The molecule has 9 nitrogen and oxygen atoms in total. The number of halogens is 6. The van der Waals surface area contributed by atoms with Gasteiger partial charge in [0.25, 0.3) is 5.91 Å². The van der Waals surface area contributed by atoms with Crippen LogP contribution in [0.15, 0.2) is 18.2 Å². The molecule has 3 heterocycles. The molecular formula is C22H29F6N3O6. The Bertz CT molecular complexity index is 903. The molecule has 1 unspecified atom stereocenters. The van der Waals surface area contributed by atoms with Crippen molar-refractivity contribution in [3.63, 3.8) is 0 Å². The number of carbonyl (C=O) groups is 3. The molecular weight excluding hydrogens is 516 g/mol. The van der Waals surface area contributed by atoms with Gasteiger partial charge in [-0.1, -0.05) is 13.0 Å². The van der Waals surface area contributed by atoms with Gasteiger partial charge >= 0.3 is 24.3 Å². The van der Waals surface area contributed by atoms with Crippen molar-refractivity contribution in [2.45, 2.75) is 39.0 Å². The first-order valence-electron chi connectivity index (χ1n) is 11.1. The molecule has 0 aromatic carbocycles. The molecule has 2 aliphatic rings. The Morgan fingerprint density at radius 2 is 1.59 bits per heavy atom. The number of ether oxygens (including phenoxy) is 1. The van der Waals surface area contributed by atoms with E-state index in [1.54, 1.807) is 0 Å². The van der Waals surface area contributed by atoms with E-state index in [0.29, 0.717) is 5.69 Å². The number of piperidine rings is 1. The maximum absolute atomic E-state index is 12.8. The minimum atomic E-state index is -5.08. The maximum atomic E-state index is 12.8. The third kappa shape index (κ3) is 10.9. The van der Waals surface area contributed by atoms with Crippen LogP contribution in [0.25, 0.3) is 0 Å². The molecule has 2 aliphatic heterocycles. The summed E-state index contributed by atoms with van der Waals surface area (Å²) in [4.78, 5) is 39.4. The lowest BCUT2D eigenvalue weighted by molar-refractivity contribution is -0.193. The van der Waals surface area contributed by atoms with Crippen LogP contribution in [0.3, 0.4) is 0 Å². The number of carboxylic acids is 2. The first-order valence-corrected chi connectivity index (χ1v) is 11.1. The molecule has 0 radical (unpaired) electrons. The van der Waals surface area contributed by atoms with E-state index in [1.807, 2.05) is 30.0 Å². The van der Waals surface area contributed by atoms with Gasteiger partial charge in [-0.2, -0.15) is 26.3 Å². The Kier molecular flexibility index (Phi) is 11.8. The number of aromatic nitrogens is 1. The number of nitrogens with zero attached hydrogens (tertiary/aromatic N) is 3. The first kappa shape index (κ1) is 32.1. The van der Waals surface area contributed by atoms with E-state index in [4.69, 9.17) is 24.5 Å². The predicted octanol–water partition coefficient (Wildman–Crippen LogP) is 3.23. The lowest BCUT2D eigenvalue weighted by atomic mass is 9.80. The summed E-state index contributed by atoms with van der Waals surface area (Å²) in [6.07, 6.45) is -7.99. The van der Waals surface area contributed by atoms with E-state index in [1.165, 1.54) is 0 Å². The number of amides is 1. The lowest BCUT2D eigenvalue weighted by Gasteiger charge is -2.43. The minimum Gasteiger partial charge on any atom is -0.475 e. The fourth-order valence-electron chi connectivity index (χ4n) is 3.80. The number of hydrogen-bond acceptors (Lipinski definition) is 6. The van der Waals surface area contributed by atoms with Crippen molar-refractivity contribution in [3.05, 3.63) is 29.6 Å². The average molecular weight is 545 g/mol. The van der Waals surface area contributed by atoms with E-state index in [9.17, 15) is 31.1 Å². The van der Waals surface area contributed by atoms with Crippen molar-refractivity contribution in [1.29, 1.82) is 0 Å². The molecule has 2 saturated heterocycles. The van der Waals surface area contributed by atoms with Crippen LogP contribution in [0, 0.1) is 12.3 Å². The van der Waals surface area contributed by atoms with Gasteiger partial charge in [-0.3, -0.25) is 4.79 Å². The van der Waals surface area contributed by atoms with Crippen molar-refractivity contribution in [1.82, 2.24) is 14.8 Å². The van der Waals surface area contributed by atoms with Crippen molar-refractivity contribution in [3.8, 4) is 0 Å². The summed E-state index contributed by atoms with van der Waals surface area (Å²) in [5, 5.41) is 14.2. The molecule has 1 spiro atoms. The first-order chi connectivity index (χ1) is 17.0. The van der Waals surface area contributed by atoms with Crippen LogP contribution < -0.4 is 0 Å². The molecule has 0 saturated carbocycles. The lowest BCUT2D eigenvalue weighted by Crippen LogP contribution is -2.52. The topological polar surface area (TPSA) is 120 Å². The third-order valence-corrected chi connectivity index (χ3v) is 5.51. The summed E-state index contributed by atoms with van der Waals surface area (Å²) in [6.45, 7) is 10.3. The van der Waals surface area contributed by atoms with Gasteiger partial charge in [-0.05, 0) is 38.4 Å². The predicted molar refractivity (Wildman–Crippen MR) is 117 cm³/mol. The number of pyridine rings is 1. The van der Waals surface area contributed by atoms with Crippen molar-refractivity contribution >= 4 is 17.8 Å². The van der Waals surface area contributed by atoms with Gasteiger partial charge in [0.15, 0.2) is 0 Å². The van der Waals surface area contributed by atoms with Gasteiger partial charge in [-0.15, -0.1) is 0 Å². The van der Waals surface area contributed by atoms with Gasteiger partial charge in [0.05, 0.1) is 13.2 Å². The fourth-order valence-corrected chi connectivity index (χ4v) is 3.80. The summed E-state index contributed by atoms with van der Waals surface area (Å²) in [7, 11) is 0. The summed E-state index contributed by atoms with van der Waals surface area (Å²) < 4.78 is 69.3. The minimum absolute atomic E-state index is 0.0556. The number of aliphatic carboxylic acids is 2. The number of aryl methyl sites for hydroxylation is 1. The maximum Gasteiger partial charge on any atom is 0.490 e. The summed E-state index contributed by atoms with van der Waals surface area (Å²) in [6, 6.07) is 5.65. The molecule has 0 aliphatic carbocycles. The molecule has 1 aromatic heterocycles. The fraction of sp³-hybridized carbons (Fsp3) is 0.636. The van der Waals surface area contributed by atoms with E-state index >= 15 is 0 Å². The van der Waals surface area contributed by atoms with Gasteiger partial charge in [-0.25, -0.2) is 14.6 Å².